The highest BCUT2D eigenvalue weighted by atomic mass is 35.5. The summed E-state index contributed by atoms with van der Waals surface area (Å²) >= 11 is 5.87. The van der Waals surface area contributed by atoms with Crippen LogP contribution < -0.4 is 0 Å². The third-order valence-electron chi connectivity index (χ3n) is 5.43. The lowest BCUT2D eigenvalue weighted by Crippen LogP contribution is -2.50. The lowest BCUT2D eigenvalue weighted by molar-refractivity contribution is 0.0696. The van der Waals surface area contributed by atoms with Crippen LogP contribution in [0.5, 0.6) is 0 Å². The first kappa shape index (κ1) is 22.4. The monoisotopic (exact) mass is 473 g/mol. The van der Waals surface area contributed by atoms with E-state index in [1.165, 1.54) is 16.4 Å². The zero-order valence-electron chi connectivity index (χ0n) is 17.8. The number of nitrogens with zero attached hydrogens (tertiary/aromatic N) is 5. The summed E-state index contributed by atoms with van der Waals surface area (Å²) in [6.07, 6.45) is 3.26. The van der Waals surface area contributed by atoms with Crippen molar-refractivity contribution in [3.8, 4) is 5.82 Å². The number of aromatic nitrogens is 3. The van der Waals surface area contributed by atoms with Gasteiger partial charge in [0.25, 0.3) is 5.91 Å². The molecule has 0 spiro atoms. The van der Waals surface area contributed by atoms with Gasteiger partial charge in [0.15, 0.2) is 5.82 Å². The quantitative estimate of drug-likeness (QED) is 0.567. The van der Waals surface area contributed by atoms with E-state index < -0.39 is 10.0 Å². The van der Waals surface area contributed by atoms with Gasteiger partial charge in [-0.2, -0.15) is 9.40 Å². The fraction of sp³-hybridized carbons (Fsp3) is 0.318. The molecule has 3 aromatic rings. The fourth-order valence-electron chi connectivity index (χ4n) is 3.80. The van der Waals surface area contributed by atoms with E-state index in [0.29, 0.717) is 29.5 Å². The van der Waals surface area contributed by atoms with Gasteiger partial charge in [-0.15, -0.1) is 0 Å². The number of carbonyl (C=O) groups is 1. The van der Waals surface area contributed by atoms with Crippen molar-refractivity contribution in [1.82, 2.24) is 24.0 Å². The minimum atomic E-state index is -3.63. The second kappa shape index (κ2) is 9.01. The number of sulfonamides is 1. The summed E-state index contributed by atoms with van der Waals surface area (Å²) in [4.78, 5) is 19.5. The van der Waals surface area contributed by atoms with Crippen molar-refractivity contribution < 1.29 is 13.2 Å². The van der Waals surface area contributed by atoms with Gasteiger partial charge in [-0.25, -0.2) is 18.1 Å². The Labute approximate surface area is 192 Å². The second-order valence-electron chi connectivity index (χ2n) is 7.85. The minimum Gasteiger partial charge on any atom is -0.336 e. The number of amides is 1. The van der Waals surface area contributed by atoms with E-state index in [-0.39, 0.29) is 29.8 Å². The van der Waals surface area contributed by atoms with Crippen molar-refractivity contribution in [3.05, 3.63) is 71.1 Å². The molecule has 2 aromatic heterocycles. The van der Waals surface area contributed by atoms with Gasteiger partial charge in [0, 0.05) is 37.4 Å². The van der Waals surface area contributed by atoms with E-state index in [2.05, 4.69) is 10.1 Å². The van der Waals surface area contributed by atoms with Gasteiger partial charge in [-0.05, 0) is 42.3 Å². The molecule has 0 atom stereocenters. The van der Waals surface area contributed by atoms with Crippen molar-refractivity contribution in [2.24, 2.45) is 0 Å². The number of piperazine rings is 1. The molecule has 32 heavy (non-hydrogen) atoms. The Bertz CT molecular complexity index is 1200. The zero-order chi connectivity index (χ0) is 22.9. The van der Waals surface area contributed by atoms with Crippen molar-refractivity contribution in [3.63, 3.8) is 0 Å². The summed E-state index contributed by atoms with van der Waals surface area (Å²) in [5, 5.41) is 4.89. The van der Waals surface area contributed by atoms with Gasteiger partial charge >= 0.3 is 0 Å². The Hall–Kier alpha value is -2.75. The van der Waals surface area contributed by atoms with Crippen LogP contribution in [0.4, 0.5) is 0 Å². The zero-order valence-corrected chi connectivity index (χ0v) is 19.4. The number of benzene rings is 1. The molecule has 1 aliphatic heterocycles. The molecule has 0 aliphatic carbocycles. The predicted molar refractivity (Wildman–Crippen MR) is 122 cm³/mol. The Morgan fingerprint density at radius 2 is 1.72 bits per heavy atom. The first-order valence-corrected chi connectivity index (χ1v) is 12.1. The predicted octanol–water partition coefficient (Wildman–Crippen LogP) is 3.19. The maximum Gasteiger partial charge on any atom is 0.257 e. The fourth-order valence-corrected chi connectivity index (χ4v) is 5.35. The molecule has 1 aliphatic rings. The van der Waals surface area contributed by atoms with E-state index >= 15 is 0 Å². The van der Waals surface area contributed by atoms with Crippen LogP contribution in [0.3, 0.4) is 0 Å². The van der Waals surface area contributed by atoms with Crippen molar-refractivity contribution in [1.29, 1.82) is 0 Å². The van der Waals surface area contributed by atoms with Crippen LogP contribution in [-0.4, -0.2) is 64.5 Å². The first-order valence-electron chi connectivity index (χ1n) is 10.3. The largest absolute Gasteiger partial charge is 0.336 e. The molecule has 1 saturated heterocycles. The highest BCUT2D eigenvalue weighted by Crippen LogP contribution is 2.25. The van der Waals surface area contributed by atoms with Crippen LogP contribution in [0, 0.1) is 0 Å². The molecule has 0 saturated carbocycles. The molecule has 1 amide bonds. The molecule has 8 nitrogen and oxygen atoms in total. The number of halogens is 1. The number of hydrogen-bond acceptors (Lipinski definition) is 5. The van der Waals surface area contributed by atoms with E-state index in [4.69, 9.17) is 11.6 Å². The number of pyridine rings is 1. The van der Waals surface area contributed by atoms with Gasteiger partial charge in [0.2, 0.25) is 10.0 Å². The lowest BCUT2D eigenvalue weighted by atomic mass is 10.0. The minimum absolute atomic E-state index is 0.0463. The maximum atomic E-state index is 13.3. The average molecular weight is 474 g/mol. The van der Waals surface area contributed by atoms with Crippen molar-refractivity contribution in [2.75, 3.05) is 26.2 Å². The molecule has 0 bridgehead atoms. The normalized spacial score (nSPS) is 15.3. The van der Waals surface area contributed by atoms with Crippen LogP contribution in [-0.2, 0) is 10.0 Å². The molecule has 1 aromatic carbocycles. The molecular weight excluding hydrogens is 450 g/mol. The topological polar surface area (TPSA) is 88.4 Å². The SMILES string of the molecule is CC(C)c1c(C(=O)N2CCN(S(=O)(=O)c3ccc(Cl)cc3)CC2)cnn1-c1ccccn1. The molecule has 0 radical (unpaired) electrons. The van der Waals surface area contributed by atoms with Gasteiger partial charge in [0.05, 0.1) is 22.3 Å². The highest BCUT2D eigenvalue weighted by molar-refractivity contribution is 7.89. The van der Waals surface area contributed by atoms with E-state index in [1.807, 2.05) is 32.0 Å². The van der Waals surface area contributed by atoms with Crippen LogP contribution in [0.15, 0.2) is 59.8 Å². The summed E-state index contributed by atoms with van der Waals surface area (Å²) in [6.45, 7) is 5.06. The van der Waals surface area contributed by atoms with E-state index in [0.717, 1.165) is 5.69 Å². The molecule has 3 heterocycles. The van der Waals surface area contributed by atoms with Gasteiger partial charge in [0.1, 0.15) is 0 Å². The molecule has 0 N–H and O–H groups in total. The van der Waals surface area contributed by atoms with E-state index in [9.17, 15) is 13.2 Å². The Morgan fingerprint density at radius 1 is 1.03 bits per heavy atom. The van der Waals surface area contributed by atoms with Gasteiger partial charge < -0.3 is 4.90 Å². The maximum absolute atomic E-state index is 13.3. The summed E-state index contributed by atoms with van der Waals surface area (Å²) < 4.78 is 28.9. The Balaban J connectivity index is 1.52. The van der Waals surface area contributed by atoms with E-state index in [1.54, 1.807) is 34.1 Å². The number of carbonyl (C=O) groups excluding carboxylic acids is 1. The van der Waals surface area contributed by atoms with Crippen LogP contribution in [0.2, 0.25) is 5.02 Å². The molecule has 4 rings (SSSR count). The summed E-state index contributed by atoms with van der Waals surface area (Å²) in [5.74, 6) is 0.540. The number of rotatable bonds is 5. The molecule has 10 heteroatoms. The van der Waals surface area contributed by atoms with Crippen LogP contribution >= 0.6 is 11.6 Å². The summed E-state index contributed by atoms with van der Waals surface area (Å²) in [5.41, 5.74) is 1.30. The van der Waals surface area contributed by atoms with Gasteiger partial charge in [-0.3, -0.25) is 4.79 Å². The van der Waals surface area contributed by atoms with Gasteiger partial charge in [-0.1, -0.05) is 31.5 Å². The number of hydrogen-bond donors (Lipinski definition) is 0. The standard InChI is InChI=1S/C22H24ClN5O3S/c1-16(2)21-19(15-25-28(21)20-5-3-4-10-24-20)22(29)26-11-13-27(14-12-26)32(30,31)18-8-6-17(23)7-9-18/h3-10,15-16H,11-14H2,1-2H3. The second-order valence-corrected chi connectivity index (χ2v) is 10.2. The summed E-state index contributed by atoms with van der Waals surface area (Å²) in [7, 11) is -3.63. The smallest absolute Gasteiger partial charge is 0.257 e. The Morgan fingerprint density at radius 3 is 2.31 bits per heavy atom. The molecule has 1 fully saturated rings. The van der Waals surface area contributed by atoms with Crippen LogP contribution in [0.25, 0.3) is 5.82 Å². The molecule has 168 valence electrons. The average Bonchev–Trinajstić information content (AvgIpc) is 3.25. The highest BCUT2D eigenvalue weighted by Gasteiger charge is 2.32. The van der Waals surface area contributed by atoms with Crippen molar-refractivity contribution in [2.45, 2.75) is 24.7 Å². The first-order chi connectivity index (χ1) is 15.3. The molecule has 0 unspecified atom stereocenters. The molecular formula is C22H24ClN5O3S. The third-order valence-corrected chi connectivity index (χ3v) is 7.59. The van der Waals surface area contributed by atoms with Crippen molar-refractivity contribution >= 4 is 27.5 Å². The third kappa shape index (κ3) is 4.28. The Kier molecular flexibility index (Phi) is 6.32. The lowest BCUT2D eigenvalue weighted by Gasteiger charge is -2.34. The summed E-state index contributed by atoms with van der Waals surface area (Å²) in [6, 6.07) is 11.6. The van der Waals surface area contributed by atoms with Crippen LogP contribution in [0.1, 0.15) is 35.8 Å².